The van der Waals surface area contributed by atoms with Gasteiger partial charge in [-0.25, -0.2) is 0 Å². The van der Waals surface area contributed by atoms with Gasteiger partial charge in [0, 0.05) is 16.3 Å². The van der Waals surface area contributed by atoms with Crippen LogP contribution in [0.3, 0.4) is 0 Å². The fourth-order valence-corrected chi connectivity index (χ4v) is 5.17. The zero-order valence-electron chi connectivity index (χ0n) is 36.0. The van der Waals surface area contributed by atoms with Crippen LogP contribution in [-0.4, -0.2) is 0 Å². The van der Waals surface area contributed by atoms with Crippen LogP contribution in [-0.2, 0) is 0 Å². The number of furan rings is 1. The van der Waals surface area contributed by atoms with E-state index in [1.165, 1.54) is 24.3 Å². The summed E-state index contributed by atoms with van der Waals surface area (Å²) in [5.74, 6) is 0. The van der Waals surface area contributed by atoms with Crippen molar-refractivity contribution in [1.82, 2.24) is 0 Å². The van der Waals surface area contributed by atoms with Crippen molar-refractivity contribution >= 4 is 43.5 Å². The third kappa shape index (κ3) is 3.41. The van der Waals surface area contributed by atoms with Crippen molar-refractivity contribution in [3.8, 4) is 33.4 Å². The SMILES string of the molecule is [2H]c1cc2c(-c3ccc(-c4c([2H])c([2H])c([2H])c5c4oc4c([2H])c([2H])c([2H])c([2H])c45)cc3)c3cc([2H])c([2H])cc3c(-c3c([2H])c([2H])c([2H])c([2H])c3[2H])c2cc1[2H]. The molecule has 0 radical (unpaired) electrons. The van der Waals surface area contributed by atoms with Crippen molar-refractivity contribution < 1.29 is 26.3 Å². The van der Waals surface area contributed by atoms with E-state index in [4.69, 9.17) is 26.3 Å². The van der Waals surface area contributed by atoms with Crippen LogP contribution >= 0.6 is 0 Å². The lowest BCUT2D eigenvalue weighted by Crippen LogP contribution is -1.90. The molecule has 0 atom stereocenters. The Morgan fingerprint density at radius 1 is 0.385 bits per heavy atom. The van der Waals surface area contributed by atoms with Crippen LogP contribution in [0.2, 0.25) is 0 Å². The van der Waals surface area contributed by atoms with Crippen molar-refractivity contribution in [2.75, 3.05) is 0 Å². The molecule has 0 spiro atoms. The first-order valence-corrected chi connectivity index (χ1v) is 12.0. The number of para-hydroxylation sites is 2. The summed E-state index contributed by atoms with van der Waals surface area (Å²) in [6, 6.07) is 5.36. The van der Waals surface area contributed by atoms with Crippen LogP contribution in [0.15, 0.2) is 150 Å². The Labute approximate surface area is 249 Å². The van der Waals surface area contributed by atoms with Gasteiger partial charge in [-0.1, -0.05) is 139 Å². The summed E-state index contributed by atoms with van der Waals surface area (Å²) in [7, 11) is 0. The van der Waals surface area contributed by atoms with Gasteiger partial charge in [0.1, 0.15) is 11.2 Å². The van der Waals surface area contributed by atoms with Crippen molar-refractivity contribution in [2.24, 2.45) is 0 Å². The second kappa shape index (κ2) is 8.72. The van der Waals surface area contributed by atoms with E-state index in [0.29, 0.717) is 27.5 Å². The first kappa shape index (κ1) is 11.3. The molecule has 0 bridgehead atoms. The molecule has 8 aromatic rings. The van der Waals surface area contributed by atoms with Crippen molar-refractivity contribution in [3.05, 3.63) is 145 Å². The summed E-state index contributed by atoms with van der Waals surface area (Å²) in [4.78, 5) is 0. The molecule has 0 aliphatic heterocycles. The minimum Gasteiger partial charge on any atom is -0.455 e. The molecule has 0 aliphatic rings. The van der Waals surface area contributed by atoms with Gasteiger partial charge in [-0.2, -0.15) is 0 Å². The Morgan fingerprint density at radius 2 is 0.923 bits per heavy atom. The Bertz CT molecular complexity index is 2940. The number of hydrogen-bond donors (Lipinski definition) is 0. The molecule has 7 aromatic carbocycles. The summed E-state index contributed by atoms with van der Waals surface area (Å²) in [5.41, 5.74) is 1.05. The molecular formula is C38H24O. The van der Waals surface area contributed by atoms with E-state index in [2.05, 4.69) is 0 Å². The first-order chi connectivity index (χ1) is 26.0. The van der Waals surface area contributed by atoms with Crippen LogP contribution in [0.4, 0.5) is 0 Å². The fourth-order valence-electron chi connectivity index (χ4n) is 5.17. The molecule has 0 N–H and O–H groups in total. The zero-order valence-corrected chi connectivity index (χ0v) is 20.0. The molecule has 1 heterocycles. The highest BCUT2D eigenvalue weighted by Gasteiger charge is 2.17. The monoisotopic (exact) mass is 512 g/mol. The predicted molar refractivity (Wildman–Crippen MR) is 165 cm³/mol. The van der Waals surface area contributed by atoms with Gasteiger partial charge in [0.15, 0.2) is 0 Å². The summed E-state index contributed by atoms with van der Waals surface area (Å²) < 4.78 is 142. The summed E-state index contributed by atoms with van der Waals surface area (Å²) in [6.45, 7) is 0. The second-order valence-electron chi connectivity index (χ2n) is 8.90. The molecule has 1 nitrogen and oxygen atoms in total. The minimum atomic E-state index is -0.596. The summed E-state index contributed by atoms with van der Waals surface area (Å²) in [6.07, 6.45) is 0. The topological polar surface area (TPSA) is 13.1 Å². The maximum atomic E-state index is 8.84. The van der Waals surface area contributed by atoms with Gasteiger partial charge >= 0.3 is 0 Å². The van der Waals surface area contributed by atoms with Crippen LogP contribution in [0, 0.1) is 0 Å². The Kier molecular flexibility index (Phi) is 2.53. The molecule has 0 fully saturated rings. The highest BCUT2D eigenvalue weighted by Crippen LogP contribution is 2.44. The van der Waals surface area contributed by atoms with E-state index in [-0.39, 0.29) is 79.6 Å². The van der Waals surface area contributed by atoms with Crippen LogP contribution in [0.25, 0.3) is 76.9 Å². The maximum absolute atomic E-state index is 8.84. The zero-order chi connectivity index (χ0) is 39.7. The van der Waals surface area contributed by atoms with Gasteiger partial charge in [-0.3, -0.25) is 0 Å². The van der Waals surface area contributed by atoms with E-state index >= 15 is 0 Å². The van der Waals surface area contributed by atoms with Gasteiger partial charge < -0.3 is 4.42 Å². The quantitative estimate of drug-likeness (QED) is 0.215. The standard InChI is InChI=1S/C38H24O/c1-2-11-26(12-3-1)36-30-14-4-6-16-32(30)37(33-17-7-5-15-31(33)36)27-23-21-25(22-24-27)28-18-10-19-34-29-13-8-9-20-35(29)39-38(28)34/h1-24H/i1D,2D,3D,4D,5D,6D,7D,8D,9D,10D,11D,12D,13D,18D,19D,20D. The number of rotatable bonds is 3. The number of fused-ring (bicyclic) bond motifs is 5. The molecule has 0 amide bonds. The molecule has 1 heteroatoms. The van der Waals surface area contributed by atoms with Gasteiger partial charge in [0.05, 0.1) is 21.9 Å². The summed E-state index contributed by atoms with van der Waals surface area (Å²) in [5, 5.41) is 1.14. The Hall–Kier alpha value is -5.14. The highest BCUT2D eigenvalue weighted by atomic mass is 16.3. The summed E-state index contributed by atoms with van der Waals surface area (Å²) >= 11 is 0. The van der Waals surface area contributed by atoms with E-state index in [1.54, 1.807) is 24.3 Å². The first-order valence-electron chi connectivity index (χ1n) is 20.0. The molecule has 0 saturated heterocycles. The van der Waals surface area contributed by atoms with Crippen LogP contribution < -0.4 is 0 Å². The van der Waals surface area contributed by atoms with Crippen molar-refractivity contribution in [2.45, 2.75) is 0 Å². The fraction of sp³-hybridized carbons (Fsp3) is 0. The third-order valence-corrected chi connectivity index (χ3v) is 6.84. The molecule has 8 rings (SSSR count). The Morgan fingerprint density at radius 3 is 1.59 bits per heavy atom. The van der Waals surface area contributed by atoms with Gasteiger partial charge in [-0.05, 0) is 55.4 Å². The largest absolute Gasteiger partial charge is 0.455 e. The van der Waals surface area contributed by atoms with Crippen molar-refractivity contribution in [1.29, 1.82) is 0 Å². The van der Waals surface area contributed by atoms with E-state index in [0.717, 1.165) is 0 Å². The average Bonchev–Trinajstić information content (AvgIpc) is 3.56. The predicted octanol–water partition coefficient (Wildman–Crippen LogP) is 10.9. The smallest absolute Gasteiger partial charge is 0.143 e. The molecule has 1 aromatic heterocycles. The molecular weight excluding hydrogens is 472 g/mol. The van der Waals surface area contributed by atoms with Gasteiger partial charge in [-0.15, -0.1) is 0 Å². The number of hydrogen-bond acceptors (Lipinski definition) is 1. The van der Waals surface area contributed by atoms with Gasteiger partial charge in [0.2, 0.25) is 0 Å². The molecule has 0 saturated carbocycles. The Balaban J connectivity index is 1.45. The van der Waals surface area contributed by atoms with E-state index in [9.17, 15) is 0 Å². The molecule has 39 heavy (non-hydrogen) atoms. The number of benzene rings is 7. The second-order valence-corrected chi connectivity index (χ2v) is 8.90. The minimum absolute atomic E-state index is 0.0364. The molecule has 0 aliphatic carbocycles. The van der Waals surface area contributed by atoms with Crippen LogP contribution in [0.5, 0.6) is 0 Å². The average molecular weight is 513 g/mol. The highest BCUT2D eigenvalue weighted by molar-refractivity contribution is 6.21. The normalized spacial score (nSPS) is 17.3. The lowest BCUT2D eigenvalue weighted by molar-refractivity contribution is 0.670. The van der Waals surface area contributed by atoms with Gasteiger partial charge in [0.25, 0.3) is 0 Å². The van der Waals surface area contributed by atoms with Crippen LogP contribution in [0.1, 0.15) is 21.9 Å². The lowest BCUT2D eigenvalue weighted by atomic mass is 9.86. The molecule has 182 valence electrons. The maximum Gasteiger partial charge on any atom is 0.143 e. The van der Waals surface area contributed by atoms with Crippen molar-refractivity contribution in [3.63, 3.8) is 0 Å². The molecule has 0 unspecified atom stereocenters. The third-order valence-electron chi connectivity index (χ3n) is 6.84. The lowest BCUT2D eigenvalue weighted by Gasteiger charge is -2.18. The van der Waals surface area contributed by atoms with E-state index in [1.807, 2.05) is 0 Å². The van der Waals surface area contributed by atoms with E-state index < -0.39 is 66.5 Å².